The van der Waals surface area contributed by atoms with Gasteiger partial charge in [-0.1, -0.05) is 30.0 Å². The molecule has 1 aliphatic heterocycles. The van der Waals surface area contributed by atoms with Crippen LogP contribution in [0.5, 0.6) is 0 Å². The van der Waals surface area contributed by atoms with E-state index in [2.05, 4.69) is 5.32 Å². The summed E-state index contributed by atoms with van der Waals surface area (Å²) in [4.78, 5) is 16.9. The maximum absolute atomic E-state index is 14.6. The number of rotatable bonds is 1. The molecule has 3 rings (SSSR count). The largest absolute Gasteiger partial charge is 0.444 e. The number of nitrogens with one attached hydrogen (secondary N) is 1. The Labute approximate surface area is 157 Å². The second kappa shape index (κ2) is 7.19. The van der Waals surface area contributed by atoms with Gasteiger partial charge in [-0.3, -0.25) is 10.3 Å². The van der Waals surface area contributed by atoms with Crippen molar-refractivity contribution in [1.29, 1.82) is 0 Å². The van der Waals surface area contributed by atoms with Gasteiger partial charge in [0.25, 0.3) is 0 Å². The van der Waals surface area contributed by atoms with Crippen LogP contribution in [0.3, 0.4) is 0 Å². The quantitative estimate of drug-likeness (QED) is 0.777. The van der Waals surface area contributed by atoms with Crippen molar-refractivity contribution in [3.8, 4) is 0 Å². The average molecular weight is 380 g/mol. The molecule has 1 aliphatic carbocycles. The first-order valence-electron chi connectivity index (χ1n) is 8.85. The summed E-state index contributed by atoms with van der Waals surface area (Å²) in [5.74, 6) is 0.478. The molecule has 1 aromatic carbocycles. The van der Waals surface area contributed by atoms with Gasteiger partial charge in [-0.2, -0.15) is 0 Å². The molecule has 1 unspecified atom stereocenters. The van der Waals surface area contributed by atoms with Crippen molar-refractivity contribution in [2.24, 2.45) is 10.9 Å². The Morgan fingerprint density at radius 2 is 2.12 bits per heavy atom. The number of carbonyl (C=O) groups excluding carboxylic acids is 1. The monoisotopic (exact) mass is 380 g/mol. The Morgan fingerprint density at radius 3 is 2.81 bits per heavy atom. The Kier molecular flexibility index (Phi) is 5.30. The van der Waals surface area contributed by atoms with Crippen LogP contribution in [0, 0.1) is 11.7 Å². The highest BCUT2D eigenvalue weighted by atomic mass is 32.2. The third-order valence-electron chi connectivity index (χ3n) is 4.74. The molecule has 1 fully saturated rings. The van der Waals surface area contributed by atoms with Crippen LogP contribution in [0.25, 0.3) is 0 Å². The van der Waals surface area contributed by atoms with Crippen LogP contribution in [0.2, 0.25) is 0 Å². The lowest BCUT2D eigenvalue weighted by Gasteiger charge is -2.46. The number of nitrogens with zero attached hydrogens (tertiary/aromatic N) is 1. The Morgan fingerprint density at radius 1 is 1.38 bits per heavy atom. The lowest BCUT2D eigenvalue weighted by atomic mass is 9.68. The standard InChI is InChI=1S/C19H25FN2O3S/c1-18(2,3)25-17(24)21-16-22-19(14-6-4-5-7-15(14)20)10-13(23)9-8-12(19)11-26-16/h4-7,12-13,23H,8-11H2,1-3H3,(H,21,22,24)/t12-,13?,19-/m0/s1. The molecule has 0 saturated heterocycles. The summed E-state index contributed by atoms with van der Waals surface area (Å²) >= 11 is 1.44. The fourth-order valence-corrected chi connectivity index (χ4v) is 4.85. The highest BCUT2D eigenvalue weighted by Crippen LogP contribution is 2.49. The number of fused-ring (bicyclic) bond motifs is 1. The van der Waals surface area contributed by atoms with Gasteiger partial charge in [0.05, 0.1) is 11.6 Å². The van der Waals surface area contributed by atoms with E-state index >= 15 is 0 Å². The number of halogens is 1. The van der Waals surface area contributed by atoms with E-state index in [0.29, 0.717) is 29.3 Å². The summed E-state index contributed by atoms with van der Waals surface area (Å²) in [5.41, 5.74) is -0.998. The Hall–Kier alpha value is -1.60. The summed E-state index contributed by atoms with van der Waals surface area (Å²) in [6, 6.07) is 6.57. The Balaban J connectivity index is 1.95. The zero-order valence-electron chi connectivity index (χ0n) is 15.3. The topological polar surface area (TPSA) is 70.9 Å². The summed E-state index contributed by atoms with van der Waals surface area (Å²) in [6.07, 6.45) is 0.679. The molecule has 26 heavy (non-hydrogen) atoms. The molecule has 2 aliphatic rings. The van der Waals surface area contributed by atoms with Gasteiger partial charge >= 0.3 is 6.09 Å². The molecule has 5 nitrogen and oxygen atoms in total. The zero-order valence-corrected chi connectivity index (χ0v) is 16.1. The second-order valence-electron chi connectivity index (χ2n) is 7.89. The van der Waals surface area contributed by atoms with E-state index in [1.807, 2.05) is 0 Å². The summed E-state index contributed by atoms with van der Waals surface area (Å²) in [7, 11) is 0. The smallest absolute Gasteiger partial charge is 0.413 e. The lowest BCUT2D eigenvalue weighted by Crippen LogP contribution is -2.48. The molecule has 0 radical (unpaired) electrons. The molecule has 1 amide bonds. The minimum atomic E-state index is -0.862. The van der Waals surface area contributed by atoms with Crippen LogP contribution >= 0.6 is 11.8 Å². The van der Waals surface area contributed by atoms with E-state index in [-0.39, 0.29) is 11.7 Å². The molecule has 0 aromatic heterocycles. The van der Waals surface area contributed by atoms with Crippen LogP contribution < -0.4 is 5.32 Å². The number of benzene rings is 1. The predicted molar refractivity (Wildman–Crippen MR) is 101 cm³/mol. The molecule has 142 valence electrons. The maximum Gasteiger partial charge on any atom is 0.413 e. The molecule has 0 spiro atoms. The van der Waals surface area contributed by atoms with Crippen molar-refractivity contribution in [3.63, 3.8) is 0 Å². The molecular formula is C19H25FN2O3S. The number of thioether (sulfide) groups is 1. The first kappa shape index (κ1) is 19.2. The number of aliphatic hydroxyl groups excluding tert-OH is 1. The predicted octanol–water partition coefficient (Wildman–Crippen LogP) is 3.81. The van der Waals surface area contributed by atoms with Crippen LogP contribution in [-0.4, -0.2) is 33.8 Å². The van der Waals surface area contributed by atoms with E-state index in [1.54, 1.807) is 39.0 Å². The van der Waals surface area contributed by atoms with Crippen molar-refractivity contribution < 1.29 is 19.0 Å². The van der Waals surface area contributed by atoms with Gasteiger partial charge in [-0.15, -0.1) is 0 Å². The number of hydrogen-bond acceptors (Lipinski definition) is 5. The van der Waals surface area contributed by atoms with E-state index in [4.69, 9.17) is 9.73 Å². The summed E-state index contributed by atoms with van der Waals surface area (Å²) in [6.45, 7) is 5.37. The molecule has 1 heterocycles. The highest BCUT2D eigenvalue weighted by Gasteiger charge is 2.49. The summed E-state index contributed by atoms with van der Waals surface area (Å²) in [5, 5.41) is 13.4. The minimum Gasteiger partial charge on any atom is -0.444 e. The number of aliphatic imine (C=N–C) groups is 1. The first-order valence-corrected chi connectivity index (χ1v) is 9.84. The van der Waals surface area contributed by atoms with Gasteiger partial charge in [0.1, 0.15) is 11.4 Å². The number of hydrogen-bond donors (Lipinski definition) is 2. The van der Waals surface area contributed by atoms with Gasteiger partial charge in [0, 0.05) is 17.7 Å². The number of amidine groups is 1. The van der Waals surface area contributed by atoms with Crippen molar-refractivity contribution >= 4 is 23.0 Å². The Bertz CT molecular complexity index is 719. The molecule has 3 atom stereocenters. The normalized spacial score (nSPS) is 28.7. The van der Waals surface area contributed by atoms with E-state index in [0.717, 1.165) is 6.42 Å². The highest BCUT2D eigenvalue weighted by molar-refractivity contribution is 8.13. The number of alkyl carbamates (subject to hydrolysis) is 1. The van der Waals surface area contributed by atoms with Crippen LogP contribution in [0.15, 0.2) is 29.3 Å². The number of aliphatic hydroxyl groups is 1. The van der Waals surface area contributed by atoms with E-state index in [1.165, 1.54) is 17.8 Å². The third kappa shape index (κ3) is 4.04. The van der Waals surface area contributed by atoms with Gasteiger partial charge in [0.2, 0.25) is 0 Å². The van der Waals surface area contributed by atoms with E-state index in [9.17, 15) is 14.3 Å². The molecule has 2 N–H and O–H groups in total. The van der Waals surface area contributed by atoms with Gasteiger partial charge in [-0.25, -0.2) is 9.18 Å². The number of amides is 1. The second-order valence-corrected chi connectivity index (χ2v) is 8.90. The van der Waals surface area contributed by atoms with Gasteiger partial charge < -0.3 is 9.84 Å². The van der Waals surface area contributed by atoms with Crippen LogP contribution in [-0.2, 0) is 10.3 Å². The molecular weight excluding hydrogens is 355 g/mol. The van der Waals surface area contributed by atoms with Crippen molar-refractivity contribution in [2.75, 3.05) is 5.75 Å². The minimum absolute atomic E-state index is 0.108. The zero-order chi connectivity index (χ0) is 18.9. The maximum atomic E-state index is 14.6. The third-order valence-corrected chi connectivity index (χ3v) is 5.78. The summed E-state index contributed by atoms with van der Waals surface area (Å²) < 4.78 is 19.9. The lowest BCUT2D eigenvalue weighted by molar-refractivity contribution is 0.0538. The van der Waals surface area contributed by atoms with Crippen molar-refractivity contribution in [2.45, 2.75) is 57.3 Å². The molecule has 1 aromatic rings. The van der Waals surface area contributed by atoms with Crippen LogP contribution in [0.4, 0.5) is 9.18 Å². The van der Waals surface area contributed by atoms with Gasteiger partial charge in [-0.05, 0) is 45.6 Å². The fraction of sp³-hybridized carbons (Fsp3) is 0.579. The van der Waals surface area contributed by atoms with Crippen molar-refractivity contribution in [1.82, 2.24) is 5.32 Å². The molecule has 7 heteroatoms. The van der Waals surface area contributed by atoms with Crippen LogP contribution in [0.1, 0.15) is 45.6 Å². The number of carbonyl (C=O) groups is 1. The fourth-order valence-electron chi connectivity index (χ4n) is 3.67. The number of ether oxygens (including phenoxy) is 1. The SMILES string of the molecule is CC(C)(C)OC(=O)NC1=N[C@@]2(c3ccccc3F)CC(O)CC[C@H]2CS1. The molecule has 0 bridgehead atoms. The molecule has 1 saturated carbocycles. The van der Waals surface area contributed by atoms with Crippen molar-refractivity contribution in [3.05, 3.63) is 35.6 Å². The first-order chi connectivity index (χ1) is 12.2. The van der Waals surface area contributed by atoms with Gasteiger partial charge in [0.15, 0.2) is 5.17 Å². The van der Waals surface area contributed by atoms with E-state index < -0.39 is 23.3 Å². The average Bonchev–Trinajstić information content (AvgIpc) is 2.52.